The molecule has 1 aliphatic carbocycles. The Morgan fingerprint density at radius 1 is 1.04 bits per heavy atom. The summed E-state index contributed by atoms with van der Waals surface area (Å²) in [6.45, 7) is 4.43. The second kappa shape index (κ2) is 7.22. The van der Waals surface area contributed by atoms with Gasteiger partial charge in [0.15, 0.2) is 0 Å². The number of halogens is 1. The number of hydrogen-bond donors (Lipinski definition) is 0. The van der Waals surface area contributed by atoms with Crippen LogP contribution in [0.15, 0.2) is 45.7 Å². The molecule has 0 spiro atoms. The zero-order valence-corrected chi connectivity index (χ0v) is 16.4. The third-order valence-electron chi connectivity index (χ3n) is 5.84. The third-order valence-corrected chi connectivity index (χ3v) is 6.07. The Morgan fingerprint density at radius 2 is 1.82 bits per heavy atom. The number of aryl methyl sites for hydroxylation is 2. The number of rotatable bonds is 3. The molecule has 1 aliphatic heterocycles. The van der Waals surface area contributed by atoms with Gasteiger partial charge in [-0.1, -0.05) is 11.6 Å². The van der Waals surface area contributed by atoms with Crippen LogP contribution in [0.1, 0.15) is 23.1 Å². The molecule has 2 aliphatic rings. The molecule has 2 aromatic heterocycles. The fourth-order valence-electron chi connectivity index (χ4n) is 4.36. The van der Waals surface area contributed by atoms with Crippen molar-refractivity contribution in [1.29, 1.82) is 0 Å². The van der Waals surface area contributed by atoms with Crippen molar-refractivity contribution in [3.05, 3.63) is 68.7 Å². The molecule has 5 rings (SSSR count). The molecule has 0 amide bonds. The molecule has 1 aromatic carbocycles. The van der Waals surface area contributed by atoms with Gasteiger partial charge in [0.2, 0.25) is 0 Å². The molecule has 0 N–H and O–H groups in total. The van der Waals surface area contributed by atoms with Crippen LogP contribution >= 0.6 is 11.6 Å². The first kappa shape index (κ1) is 17.7. The van der Waals surface area contributed by atoms with Crippen LogP contribution in [0.2, 0.25) is 5.02 Å². The van der Waals surface area contributed by atoms with Crippen molar-refractivity contribution >= 4 is 28.4 Å². The topological polar surface area (TPSA) is 49.6 Å². The van der Waals surface area contributed by atoms with Gasteiger partial charge in [0.25, 0.3) is 0 Å². The fourth-order valence-corrected chi connectivity index (χ4v) is 4.47. The van der Waals surface area contributed by atoms with Gasteiger partial charge in [0.1, 0.15) is 11.4 Å². The standard InChI is InChI=1S/C22H22ClN3O2/c23-18-4-5-21(24-13-18)26-8-6-25(7-9-26)14-17-12-22(27)28-20-11-16-3-1-2-15(16)10-19(17)20/h4-5,10-13H,1-3,6-9,14H2. The van der Waals surface area contributed by atoms with E-state index in [2.05, 4.69) is 26.9 Å². The lowest BCUT2D eigenvalue weighted by molar-refractivity contribution is 0.249. The molecule has 144 valence electrons. The van der Waals surface area contributed by atoms with E-state index < -0.39 is 0 Å². The Kier molecular flexibility index (Phi) is 4.57. The third kappa shape index (κ3) is 3.40. The van der Waals surface area contributed by atoms with Crippen LogP contribution in [0.5, 0.6) is 0 Å². The maximum atomic E-state index is 12.1. The summed E-state index contributed by atoms with van der Waals surface area (Å²) in [5, 5.41) is 1.74. The van der Waals surface area contributed by atoms with Crippen LogP contribution in [0.4, 0.5) is 5.82 Å². The molecule has 0 radical (unpaired) electrons. The monoisotopic (exact) mass is 395 g/mol. The summed E-state index contributed by atoms with van der Waals surface area (Å²) in [4.78, 5) is 21.2. The lowest BCUT2D eigenvalue weighted by Gasteiger charge is -2.35. The summed E-state index contributed by atoms with van der Waals surface area (Å²) in [5.74, 6) is 0.963. The highest BCUT2D eigenvalue weighted by molar-refractivity contribution is 6.30. The van der Waals surface area contributed by atoms with Crippen molar-refractivity contribution < 1.29 is 4.42 Å². The lowest BCUT2D eigenvalue weighted by Crippen LogP contribution is -2.46. The van der Waals surface area contributed by atoms with Crippen LogP contribution in [0.25, 0.3) is 11.0 Å². The van der Waals surface area contributed by atoms with E-state index in [1.165, 1.54) is 17.5 Å². The second-order valence-corrected chi connectivity index (χ2v) is 8.10. The van der Waals surface area contributed by atoms with Crippen LogP contribution in [-0.2, 0) is 19.4 Å². The van der Waals surface area contributed by atoms with Gasteiger partial charge in [-0.15, -0.1) is 0 Å². The number of anilines is 1. The molecule has 3 heterocycles. The maximum absolute atomic E-state index is 12.1. The van der Waals surface area contributed by atoms with Gasteiger partial charge >= 0.3 is 5.63 Å². The molecule has 1 fully saturated rings. The summed E-state index contributed by atoms with van der Waals surface area (Å²) >= 11 is 5.94. The summed E-state index contributed by atoms with van der Waals surface area (Å²) in [6.07, 6.45) is 5.08. The number of piperazine rings is 1. The Bertz CT molecular complexity index is 1070. The maximum Gasteiger partial charge on any atom is 0.336 e. The number of benzene rings is 1. The van der Waals surface area contributed by atoms with E-state index in [1.807, 2.05) is 12.1 Å². The quantitative estimate of drug-likeness (QED) is 0.633. The van der Waals surface area contributed by atoms with Crippen molar-refractivity contribution in [2.24, 2.45) is 0 Å². The van der Waals surface area contributed by atoms with E-state index in [9.17, 15) is 4.79 Å². The largest absolute Gasteiger partial charge is 0.423 e. The van der Waals surface area contributed by atoms with Crippen molar-refractivity contribution in [1.82, 2.24) is 9.88 Å². The first-order chi connectivity index (χ1) is 13.7. The van der Waals surface area contributed by atoms with Gasteiger partial charge in [-0.05, 0) is 60.2 Å². The highest BCUT2D eigenvalue weighted by Gasteiger charge is 2.20. The smallest absolute Gasteiger partial charge is 0.336 e. The second-order valence-electron chi connectivity index (χ2n) is 7.66. The average molecular weight is 396 g/mol. The van der Waals surface area contributed by atoms with Crippen molar-refractivity contribution in [3.63, 3.8) is 0 Å². The predicted octanol–water partition coefficient (Wildman–Crippen LogP) is 3.65. The van der Waals surface area contributed by atoms with E-state index in [0.29, 0.717) is 5.02 Å². The molecule has 0 saturated carbocycles. The Balaban J connectivity index is 1.35. The first-order valence-corrected chi connectivity index (χ1v) is 10.2. The van der Waals surface area contributed by atoms with E-state index in [4.69, 9.17) is 16.0 Å². The molecular formula is C22H22ClN3O2. The minimum atomic E-state index is -0.260. The summed E-state index contributed by atoms with van der Waals surface area (Å²) < 4.78 is 5.50. The molecule has 3 aromatic rings. The highest BCUT2D eigenvalue weighted by Crippen LogP contribution is 2.29. The Labute approximate surface area is 168 Å². The van der Waals surface area contributed by atoms with Crippen LogP contribution < -0.4 is 10.5 Å². The number of aromatic nitrogens is 1. The highest BCUT2D eigenvalue weighted by atomic mass is 35.5. The Hall–Kier alpha value is -2.37. The molecule has 0 unspecified atom stereocenters. The number of fused-ring (bicyclic) bond motifs is 2. The molecule has 5 nitrogen and oxygen atoms in total. The minimum Gasteiger partial charge on any atom is -0.423 e. The van der Waals surface area contributed by atoms with Gasteiger partial charge < -0.3 is 9.32 Å². The van der Waals surface area contributed by atoms with Crippen molar-refractivity contribution in [2.45, 2.75) is 25.8 Å². The lowest BCUT2D eigenvalue weighted by atomic mass is 10.0. The van der Waals surface area contributed by atoms with Crippen molar-refractivity contribution in [2.75, 3.05) is 31.1 Å². The number of nitrogens with zero attached hydrogens (tertiary/aromatic N) is 3. The molecule has 6 heteroatoms. The molecule has 0 atom stereocenters. The summed E-state index contributed by atoms with van der Waals surface area (Å²) in [5.41, 5.74) is 4.27. The van der Waals surface area contributed by atoms with Gasteiger partial charge in [0.05, 0.1) is 5.02 Å². The summed E-state index contributed by atoms with van der Waals surface area (Å²) in [7, 11) is 0. The van der Waals surface area contributed by atoms with Crippen LogP contribution in [0, 0.1) is 0 Å². The number of hydrogen-bond acceptors (Lipinski definition) is 5. The van der Waals surface area contributed by atoms with E-state index in [1.54, 1.807) is 12.3 Å². The van der Waals surface area contributed by atoms with Gasteiger partial charge in [0, 0.05) is 50.4 Å². The molecule has 0 bridgehead atoms. The van der Waals surface area contributed by atoms with Crippen molar-refractivity contribution in [3.8, 4) is 0 Å². The predicted molar refractivity (Wildman–Crippen MR) is 111 cm³/mol. The SMILES string of the molecule is O=c1cc(CN2CCN(c3ccc(Cl)cn3)CC2)c2cc3c(cc2o1)CCC3. The van der Waals surface area contributed by atoms with Crippen LogP contribution in [-0.4, -0.2) is 36.1 Å². The summed E-state index contributed by atoms with van der Waals surface area (Å²) in [6, 6.07) is 9.83. The van der Waals surface area contributed by atoms with Gasteiger partial charge in [-0.25, -0.2) is 9.78 Å². The van der Waals surface area contributed by atoms with E-state index in [-0.39, 0.29) is 5.63 Å². The number of pyridine rings is 1. The van der Waals surface area contributed by atoms with Crippen LogP contribution in [0.3, 0.4) is 0 Å². The van der Waals surface area contributed by atoms with Gasteiger partial charge in [-0.2, -0.15) is 0 Å². The molecule has 1 saturated heterocycles. The zero-order chi connectivity index (χ0) is 19.1. The van der Waals surface area contributed by atoms with E-state index in [0.717, 1.165) is 67.9 Å². The first-order valence-electron chi connectivity index (χ1n) is 9.83. The minimum absolute atomic E-state index is 0.260. The fraction of sp³-hybridized carbons (Fsp3) is 0.364. The normalized spacial score (nSPS) is 17.2. The molecule has 28 heavy (non-hydrogen) atoms. The van der Waals surface area contributed by atoms with E-state index >= 15 is 0 Å². The Morgan fingerprint density at radius 3 is 2.57 bits per heavy atom. The average Bonchev–Trinajstić information content (AvgIpc) is 3.15. The molecular weight excluding hydrogens is 374 g/mol. The zero-order valence-electron chi connectivity index (χ0n) is 15.7. The van der Waals surface area contributed by atoms with Gasteiger partial charge in [-0.3, -0.25) is 4.90 Å².